The summed E-state index contributed by atoms with van der Waals surface area (Å²) in [6.45, 7) is 1.00. The van der Waals surface area contributed by atoms with Gasteiger partial charge in [-0.15, -0.1) is 0 Å². The molecule has 0 aliphatic rings. The Hall–Kier alpha value is -1.60. The number of nitrogens with zero attached hydrogens (tertiary/aromatic N) is 1. The summed E-state index contributed by atoms with van der Waals surface area (Å²) >= 11 is 0. The molecular formula is C10H11FN2O. The topological polar surface area (TPSA) is 59.0 Å². The third-order valence-corrected chi connectivity index (χ3v) is 1.68. The maximum Gasteiger partial charge on any atom is 0.144 e. The second-order valence-corrected chi connectivity index (χ2v) is 2.74. The number of hydrogen-bond acceptors (Lipinski definition) is 3. The van der Waals surface area contributed by atoms with Gasteiger partial charge in [0, 0.05) is 6.07 Å². The van der Waals surface area contributed by atoms with E-state index in [0.717, 1.165) is 6.42 Å². The normalized spacial score (nSPS) is 9.50. The van der Waals surface area contributed by atoms with Gasteiger partial charge in [0.15, 0.2) is 0 Å². The third kappa shape index (κ3) is 2.71. The van der Waals surface area contributed by atoms with Crippen LogP contribution < -0.4 is 10.5 Å². The first-order valence-corrected chi connectivity index (χ1v) is 4.30. The van der Waals surface area contributed by atoms with Crippen LogP contribution in [0, 0.1) is 17.1 Å². The molecule has 74 valence electrons. The van der Waals surface area contributed by atoms with E-state index >= 15 is 0 Å². The molecule has 0 saturated carbocycles. The average Bonchev–Trinajstić information content (AvgIpc) is 2.18. The van der Waals surface area contributed by atoms with E-state index in [1.807, 2.05) is 0 Å². The fraction of sp³-hybridized carbons (Fsp3) is 0.300. The Morgan fingerprint density at radius 2 is 2.29 bits per heavy atom. The Morgan fingerprint density at radius 1 is 1.50 bits per heavy atom. The van der Waals surface area contributed by atoms with Crippen molar-refractivity contribution < 1.29 is 9.13 Å². The lowest BCUT2D eigenvalue weighted by Gasteiger charge is -2.04. The average molecular weight is 194 g/mol. The van der Waals surface area contributed by atoms with Gasteiger partial charge in [0.05, 0.1) is 12.2 Å². The Balaban J connectivity index is 2.63. The molecule has 14 heavy (non-hydrogen) atoms. The van der Waals surface area contributed by atoms with E-state index in [9.17, 15) is 4.39 Å². The molecule has 1 aromatic carbocycles. The van der Waals surface area contributed by atoms with Crippen LogP contribution in [0.1, 0.15) is 12.0 Å². The van der Waals surface area contributed by atoms with Crippen molar-refractivity contribution >= 4 is 0 Å². The van der Waals surface area contributed by atoms with Crippen molar-refractivity contribution in [3.63, 3.8) is 0 Å². The van der Waals surface area contributed by atoms with Gasteiger partial charge in [-0.05, 0) is 25.1 Å². The zero-order valence-electron chi connectivity index (χ0n) is 7.66. The third-order valence-electron chi connectivity index (χ3n) is 1.68. The van der Waals surface area contributed by atoms with Crippen LogP contribution in [0.2, 0.25) is 0 Å². The molecule has 3 nitrogen and oxygen atoms in total. The molecule has 1 rings (SSSR count). The summed E-state index contributed by atoms with van der Waals surface area (Å²) in [6.07, 6.45) is 0.724. The first-order valence-electron chi connectivity index (χ1n) is 4.30. The summed E-state index contributed by atoms with van der Waals surface area (Å²) < 4.78 is 18.2. The highest BCUT2D eigenvalue weighted by Gasteiger charge is 2.02. The molecule has 0 fully saturated rings. The number of nitriles is 1. The van der Waals surface area contributed by atoms with Crippen LogP contribution in [-0.4, -0.2) is 13.2 Å². The van der Waals surface area contributed by atoms with Gasteiger partial charge in [-0.1, -0.05) is 0 Å². The van der Waals surface area contributed by atoms with E-state index in [2.05, 4.69) is 0 Å². The van der Waals surface area contributed by atoms with Crippen molar-refractivity contribution in [2.24, 2.45) is 5.73 Å². The highest BCUT2D eigenvalue weighted by atomic mass is 19.1. The number of ether oxygens (including phenoxy) is 1. The molecule has 0 heterocycles. The molecule has 0 radical (unpaired) electrons. The maximum absolute atomic E-state index is 13.0. The molecule has 0 saturated heterocycles. The van der Waals surface area contributed by atoms with Gasteiger partial charge >= 0.3 is 0 Å². The predicted octanol–water partition coefficient (Wildman–Crippen LogP) is 1.42. The fourth-order valence-electron chi connectivity index (χ4n) is 0.950. The van der Waals surface area contributed by atoms with Gasteiger partial charge in [0.25, 0.3) is 0 Å². The zero-order chi connectivity index (χ0) is 10.4. The van der Waals surface area contributed by atoms with Crippen molar-refractivity contribution in [3.8, 4) is 11.8 Å². The second kappa shape index (κ2) is 5.20. The van der Waals surface area contributed by atoms with Crippen molar-refractivity contribution in [3.05, 3.63) is 29.6 Å². The number of hydrogen-bond donors (Lipinski definition) is 1. The van der Waals surface area contributed by atoms with E-state index in [0.29, 0.717) is 18.9 Å². The number of benzene rings is 1. The van der Waals surface area contributed by atoms with Crippen molar-refractivity contribution in [1.82, 2.24) is 0 Å². The van der Waals surface area contributed by atoms with Crippen LogP contribution in [0.5, 0.6) is 5.75 Å². The van der Waals surface area contributed by atoms with E-state index in [1.165, 1.54) is 12.1 Å². The lowest BCUT2D eigenvalue weighted by molar-refractivity contribution is 0.312. The first kappa shape index (κ1) is 10.5. The predicted molar refractivity (Wildman–Crippen MR) is 50.3 cm³/mol. The summed E-state index contributed by atoms with van der Waals surface area (Å²) in [5.41, 5.74) is 5.30. The molecule has 1 aromatic rings. The monoisotopic (exact) mass is 194 g/mol. The van der Waals surface area contributed by atoms with Gasteiger partial charge in [0.2, 0.25) is 0 Å². The minimum Gasteiger partial charge on any atom is -0.493 e. The minimum absolute atomic E-state index is 0.0242. The van der Waals surface area contributed by atoms with Crippen LogP contribution in [-0.2, 0) is 0 Å². The van der Waals surface area contributed by atoms with Gasteiger partial charge < -0.3 is 10.5 Å². The van der Waals surface area contributed by atoms with Crippen LogP contribution in [0.4, 0.5) is 4.39 Å². The standard InChI is InChI=1S/C10H11FN2O/c11-10-6-9(14-5-1-4-12)3-2-8(10)7-13/h2-3,6H,1,4-5,12H2. The quantitative estimate of drug-likeness (QED) is 0.737. The molecule has 0 spiro atoms. The lowest BCUT2D eigenvalue weighted by atomic mass is 10.2. The van der Waals surface area contributed by atoms with Crippen molar-refractivity contribution in [2.45, 2.75) is 6.42 Å². The van der Waals surface area contributed by atoms with Gasteiger partial charge in [-0.3, -0.25) is 0 Å². The molecule has 0 aromatic heterocycles. The smallest absolute Gasteiger partial charge is 0.144 e. The molecular weight excluding hydrogens is 183 g/mol. The summed E-state index contributed by atoms with van der Waals surface area (Å²) in [7, 11) is 0. The minimum atomic E-state index is -0.558. The fourth-order valence-corrected chi connectivity index (χ4v) is 0.950. The van der Waals surface area contributed by atoms with E-state index in [1.54, 1.807) is 12.1 Å². The zero-order valence-corrected chi connectivity index (χ0v) is 7.66. The van der Waals surface area contributed by atoms with Crippen molar-refractivity contribution in [1.29, 1.82) is 5.26 Å². The number of halogens is 1. The van der Waals surface area contributed by atoms with Crippen LogP contribution >= 0.6 is 0 Å². The molecule has 0 bridgehead atoms. The highest BCUT2D eigenvalue weighted by Crippen LogP contribution is 2.15. The second-order valence-electron chi connectivity index (χ2n) is 2.74. The SMILES string of the molecule is N#Cc1ccc(OCCCN)cc1F. The van der Waals surface area contributed by atoms with Crippen LogP contribution in [0.25, 0.3) is 0 Å². The number of nitrogens with two attached hydrogens (primary N) is 1. The lowest BCUT2D eigenvalue weighted by Crippen LogP contribution is -2.06. The number of rotatable bonds is 4. The summed E-state index contributed by atoms with van der Waals surface area (Å²) in [6, 6.07) is 5.91. The van der Waals surface area contributed by atoms with Crippen molar-refractivity contribution in [2.75, 3.05) is 13.2 Å². The largest absolute Gasteiger partial charge is 0.493 e. The Morgan fingerprint density at radius 3 is 2.86 bits per heavy atom. The van der Waals surface area contributed by atoms with Gasteiger partial charge in [0.1, 0.15) is 17.6 Å². The summed E-state index contributed by atoms with van der Waals surface area (Å²) in [4.78, 5) is 0. The highest BCUT2D eigenvalue weighted by molar-refractivity contribution is 5.36. The Kier molecular flexibility index (Phi) is 3.89. The molecule has 2 N–H and O–H groups in total. The van der Waals surface area contributed by atoms with Gasteiger partial charge in [-0.2, -0.15) is 5.26 Å². The van der Waals surface area contributed by atoms with Crippen LogP contribution in [0.3, 0.4) is 0 Å². The summed E-state index contributed by atoms with van der Waals surface area (Å²) in [5, 5.41) is 8.48. The first-order chi connectivity index (χ1) is 6.77. The molecule has 4 heteroatoms. The maximum atomic E-state index is 13.0. The van der Waals surface area contributed by atoms with E-state index in [-0.39, 0.29) is 5.56 Å². The molecule has 0 aliphatic heterocycles. The molecule has 0 amide bonds. The van der Waals surface area contributed by atoms with E-state index in [4.69, 9.17) is 15.7 Å². The molecule has 0 atom stereocenters. The van der Waals surface area contributed by atoms with Gasteiger partial charge in [-0.25, -0.2) is 4.39 Å². The Bertz CT molecular complexity index is 346. The Labute approximate surface area is 81.9 Å². The molecule has 0 unspecified atom stereocenters. The summed E-state index contributed by atoms with van der Waals surface area (Å²) in [5.74, 6) is -0.132. The van der Waals surface area contributed by atoms with E-state index < -0.39 is 5.82 Å². The molecule has 0 aliphatic carbocycles. The van der Waals surface area contributed by atoms with Crippen LogP contribution in [0.15, 0.2) is 18.2 Å².